The van der Waals surface area contributed by atoms with Crippen LogP contribution < -0.4 is 10.6 Å². The lowest BCUT2D eigenvalue weighted by Crippen LogP contribution is -2.23. The SMILES string of the molecule is CN(CCC(N)=S)c1ccc(C(F)(F)F)cc1Br. The van der Waals surface area contributed by atoms with E-state index in [1.54, 1.807) is 11.9 Å². The standard InChI is InChI=1S/C11H12BrF3N2S/c1-17(5-4-10(16)18)9-3-2-7(6-8(9)12)11(13,14)15/h2-3,6H,4-5H2,1H3,(H2,16,18). The highest BCUT2D eigenvalue weighted by Crippen LogP contribution is 2.34. The van der Waals surface area contributed by atoms with Crippen LogP contribution in [0.2, 0.25) is 0 Å². The van der Waals surface area contributed by atoms with E-state index < -0.39 is 11.7 Å². The van der Waals surface area contributed by atoms with Crippen LogP contribution in [-0.4, -0.2) is 18.6 Å². The van der Waals surface area contributed by atoms with Gasteiger partial charge >= 0.3 is 6.18 Å². The Labute approximate surface area is 117 Å². The van der Waals surface area contributed by atoms with Crippen LogP contribution in [0.5, 0.6) is 0 Å². The van der Waals surface area contributed by atoms with Crippen molar-refractivity contribution < 1.29 is 13.2 Å². The Bertz CT molecular complexity index is 448. The molecular weight excluding hydrogens is 329 g/mol. The third kappa shape index (κ3) is 4.13. The number of halogens is 4. The molecule has 0 aromatic heterocycles. The normalized spacial score (nSPS) is 11.4. The number of thiocarbonyl (C=S) groups is 1. The molecule has 0 saturated carbocycles. The number of benzene rings is 1. The summed E-state index contributed by atoms with van der Waals surface area (Å²) in [5.41, 5.74) is 5.37. The first-order valence-electron chi connectivity index (χ1n) is 5.08. The van der Waals surface area contributed by atoms with Gasteiger partial charge in [-0.1, -0.05) is 12.2 Å². The van der Waals surface area contributed by atoms with Gasteiger partial charge < -0.3 is 10.6 Å². The first-order valence-corrected chi connectivity index (χ1v) is 6.28. The van der Waals surface area contributed by atoms with Crippen molar-refractivity contribution in [1.29, 1.82) is 0 Å². The van der Waals surface area contributed by atoms with E-state index >= 15 is 0 Å². The summed E-state index contributed by atoms with van der Waals surface area (Å²) in [5.74, 6) is 0. The Kier molecular flexibility index (Phi) is 4.98. The zero-order valence-electron chi connectivity index (χ0n) is 9.59. The van der Waals surface area contributed by atoms with Crippen LogP contribution in [0.4, 0.5) is 18.9 Å². The Hall–Kier alpha value is -0.820. The van der Waals surface area contributed by atoms with Gasteiger partial charge in [-0.05, 0) is 34.1 Å². The maximum Gasteiger partial charge on any atom is 0.416 e. The molecular formula is C11H12BrF3N2S. The van der Waals surface area contributed by atoms with Gasteiger partial charge in [0, 0.05) is 24.5 Å². The van der Waals surface area contributed by atoms with E-state index in [-0.39, 0.29) is 0 Å². The minimum atomic E-state index is -4.33. The second kappa shape index (κ2) is 5.88. The molecule has 1 aromatic carbocycles. The summed E-state index contributed by atoms with van der Waals surface area (Å²) in [5, 5.41) is 0. The topological polar surface area (TPSA) is 29.3 Å². The van der Waals surface area contributed by atoms with Gasteiger partial charge in [-0.15, -0.1) is 0 Å². The number of hydrogen-bond donors (Lipinski definition) is 1. The molecule has 7 heteroatoms. The summed E-state index contributed by atoms with van der Waals surface area (Å²) in [6.07, 6.45) is -3.82. The number of nitrogens with two attached hydrogens (primary N) is 1. The number of anilines is 1. The Morgan fingerprint density at radius 1 is 1.44 bits per heavy atom. The Morgan fingerprint density at radius 2 is 2.06 bits per heavy atom. The van der Waals surface area contributed by atoms with Crippen molar-refractivity contribution in [1.82, 2.24) is 0 Å². The summed E-state index contributed by atoms with van der Waals surface area (Å²) in [7, 11) is 1.77. The smallest absolute Gasteiger partial charge is 0.393 e. The highest BCUT2D eigenvalue weighted by atomic mass is 79.9. The van der Waals surface area contributed by atoms with Crippen LogP contribution in [-0.2, 0) is 6.18 Å². The quantitative estimate of drug-likeness (QED) is 0.849. The first-order chi connectivity index (χ1) is 8.21. The molecule has 1 rings (SSSR count). The molecule has 100 valence electrons. The molecule has 18 heavy (non-hydrogen) atoms. The maximum absolute atomic E-state index is 12.5. The number of nitrogens with zero attached hydrogens (tertiary/aromatic N) is 1. The van der Waals surface area contributed by atoms with E-state index in [1.165, 1.54) is 6.07 Å². The van der Waals surface area contributed by atoms with Crippen molar-refractivity contribution in [3.63, 3.8) is 0 Å². The second-order valence-electron chi connectivity index (χ2n) is 3.80. The van der Waals surface area contributed by atoms with Gasteiger partial charge in [0.2, 0.25) is 0 Å². The molecule has 2 N–H and O–H groups in total. The summed E-state index contributed by atoms with van der Waals surface area (Å²) in [6, 6.07) is 3.54. The summed E-state index contributed by atoms with van der Waals surface area (Å²) < 4.78 is 37.9. The van der Waals surface area contributed by atoms with Crippen LogP contribution in [0.1, 0.15) is 12.0 Å². The number of alkyl halides is 3. The van der Waals surface area contributed by atoms with Gasteiger partial charge in [-0.25, -0.2) is 0 Å². The largest absolute Gasteiger partial charge is 0.416 e. The fourth-order valence-electron chi connectivity index (χ4n) is 1.39. The summed E-state index contributed by atoms with van der Waals surface area (Å²) in [6.45, 7) is 0.555. The van der Waals surface area contributed by atoms with Gasteiger partial charge in [-0.3, -0.25) is 0 Å². The average molecular weight is 341 g/mol. The highest BCUT2D eigenvalue weighted by molar-refractivity contribution is 9.10. The Morgan fingerprint density at radius 3 is 2.50 bits per heavy atom. The number of rotatable bonds is 4. The summed E-state index contributed by atoms with van der Waals surface area (Å²) in [4.78, 5) is 2.17. The van der Waals surface area contributed by atoms with E-state index in [4.69, 9.17) is 18.0 Å². The molecule has 0 atom stereocenters. The lowest BCUT2D eigenvalue weighted by Gasteiger charge is -2.21. The molecule has 0 fully saturated rings. The zero-order chi connectivity index (χ0) is 13.9. The lowest BCUT2D eigenvalue weighted by atomic mass is 10.2. The molecule has 0 amide bonds. The average Bonchev–Trinajstić information content (AvgIpc) is 2.24. The molecule has 0 aliphatic rings. The molecule has 0 unspecified atom stereocenters. The molecule has 2 nitrogen and oxygen atoms in total. The van der Waals surface area contributed by atoms with Crippen molar-refractivity contribution in [2.24, 2.45) is 5.73 Å². The van der Waals surface area contributed by atoms with Gasteiger partial charge in [0.25, 0.3) is 0 Å². The third-order valence-corrected chi connectivity index (χ3v) is 3.22. The van der Waals surface area contributed by atoms with Crippen molar-refractivity contribution in [2.75, 3.05) is 18.5 Å². The lowest BCUT2D eigenvalue weighted by molar-refractivity contribution is -0.137. The van der Waals surface area contributed by atoms with E-state index in [0.717, 1.165) is 12.1 Å². The van der Waals surface area contributed by atoms with Crippen LogP contribution in [0.3, 0.4) is 0 Å². The summed E-state index contributed by atoms with van der Waals surface area (Å²) >= 11 is 7.90. The highest BCUT2D eigenvalue weighted by Gasteiger charge is 2.30. The zero-order valence-corrected chi connectivity index (χ0v) is 12.0. The van der Waals surface area contributed by atoms with E-state index in [0.29, 0.717) is 28.1 Å². The van der Waals surface area contributed by atoms with Gasteiger partial charge in [0.1, 0.15) is 0 Å². The molecule has 0 aliphatic carbocycles. The number of hydrogen-bond acceptors (Lipinski definition) is 2. The van der Waals surface area contributed by atoms with Crippen LogP contribution in [0.15, 0.2) is 22.7 Å². The fraction of sp³-hybridized carbons (Fsp3) is 0.364. The van der Waals surface area contributed by atoms with E-state index in [1.807, 2.05) is 0 Å². The van der Waals surface area contributed by atoms with E-state index in [9.17, 15) is 13.2 Å². The van der Waals surface area contributed by atoms with Crippen LogP contribution >= 0.6 is 28.1 Å². The minimum Gasteiger partial charge on any atom is -0.393 e. The van der Waals surface area contributed by atoms with E-state index in [2.05, 4.69) is 15.9 Å². The van der Waals surface area contributed by atoms with Gasteiger partial charge in [-0.2, -0.15) is 13.2 Å². The molecule has 0 heterocycles. The van der Waals surface area contributed by atoms with Crippen molar-refractivity contribution in [3.05, 3.63) is 28.2 Å². The molecule has 0 saturated heterocycles. The molecule has 0 radical (unpaired) electrons. The van der Waals surface area contributed by atoms with Gasteiger partial charge in [0.15, 0.2) is 0 Å². The molecule has 0 spiro atoms. The van der Waals surface area contributed by atoms with Crippen LogP contribution in [0, 0.1) is 0 Å². The van der Waals surface area contributed by atoms with Gasteiger partial charge in [0.05, 0.1) is 16.2 Å². The fourth-order valence-corrected chi connectivity index (χ4v) is 2.16. The minimum absolute atomic E-state index is 0.380. The van der Waals surface area contributed by atoms with Crippen LogP contribution in [0.25, 0.3) is 0 Å². The molecule has 1 aromatic rings. The molecule has 0 bridgehead atoms. The van der Waals surface area contributed by atoms with Crippen molar-refractivity contribution >= 4 is 38.8 Å². The van der Waals surface area contributed by atoms with Crippen molar-refractivity contribution in [3.8, 4) is 0 Å². The predicted octanol–water partition coefficient (Wildman–Crippen LogP) is 3.58. The maximum atomic E-state index is 12.5. The molecule has 0 aliphatic heterocycles. The Balaban J connectivity index is 2.88. The predicted molar refractivity (Wildman–Crippen MR) is 73.8 cm³/mol. The monoisotopic (exact) mass is 340 g/mol. The van der Waals surface area contributed by atoms with Crippen molar-refractivity contribution in [2.45, 2.75) is 12.6 Å². The second-order valence-corrected chi connectivity index (χ2v) is 5.18. The first kappa shape index (κ1) is 15.2. The third-order valence-electron chi connectivity index (χ3n) is 2.38.